The highest BCUT2D eigenvalue weighted by Gasteiger charge is 2.19. The van der Waals surface area contributed by atoms with Gasteiger partial charge in [0, 0.05) is 17.0 Å². The van der Waals surface area contributed by atoms with Gasteiger partial charge in [-0.15, -0.1) is 0 Å². The van der Waals surface area contributed by atoms with Gasteiger partial charge < -0.3 is 11.1 Å². The molecule has 4 nitrogen and oxygen atoms in total. The van der Waals surface area contributed by atoms with E-state index in [0.717, 1.165) is 11.1 Å². The third kappa shape index (κ3) is 4.33. The Bertz CT molecular complexity index is 666. The molecule has 114 valence electrons. The lowest BCUT2D eigenvalue weighted by molar-refractivity contribution is -0.119. The molecule has 0 saturated carbocycles. The minimum absolute atomic E-state index is 0.354. The smallest absolute Gasteiger partial charge is 0.251 e. The number of nitrogens with one attached hydrogen (secondary N) is 1. The van der Waals surface area contributed by atoms with E-state index in [0.29, 0.717) is 17.0 Å². The molecule has 5 heteroatoms. The number of hydrogen-bond donors (Lipinski definition) is 2. The maximum absolute atomic E-state index is 12.2. The van der Waals surface area contributed by atoms with Crippen molar-refractivity contribution in [1.82, 2.24) is 5.32 Å². The number of amides is 2. The normalized spacial score (nSPS) is 11.7. The first-order valence-electron chi connectivity index (χ1n) is 6.87. The third-order valence-corrected chi connectivity index (χ3v) is 3.57. The summed E-state index contributed by atoms with van der Waals surface area (Å²) >= 11 is 5.79. The molecule has 0 unspecified atom stereocenters. The second-order valence-electron chi connectivity index (χ2n) is 5.13. The van der Waals surface area contributed by atoms with E-state index >= 15 is 0 Å². The van der Waals surface area contributed by atoms with Gasteiger partial charge in [-0.3, -0.25) is 9.59 Å². The summed E-state index contributed by atoms with van der Waals surface area (Å²) in [7, 11) is 0. The molecule has 22 heavy (non-hydrogen) atoms. The molecule has 2 amide bonds. The maximum atomic E-state index is 12.2. The molecule has 3 N–H and O–H groups in total. The molecule has 0 spiro atoms. The zero-order chi connectivity index (χ0) is 16.1. The van der Waals surface area contributed by atoms with Gasteiger partial charge in [-0.25, -0.2) is 0 Å². The van der Waals surface area contributed by atoms with Crippen molar-refractivity contribution in [1.29, 1.82) is 0 Å². The highest BCUT2D eigenvalue weighted by atomic mass is 35.5. The standard InChI is InChI=1S/C17H17ClN2O2/c1-11-2-4-12(5-3-11)10-15(16(19)21)20-17(22)13-6-8-14(18)9-7-13/h2-9,15H,10H2,1H3,(H2,19,21)(H,20,22)/t15-/m1/s1. The van der Waals surface area contributed by atoms with Gasteiger partial charge in [-0.1, -0.05) is 41.4 Å². The average Bonchev–Trinajstić information content (AvgIpc) is 2.49. The second-order valence-corrected chi connectivity index (χ2v) is 5.56. The summed E-state index contributed by atoms with van der Waals surface area (Å²) in [5.74, 6) is -0.921. The van der Waals surface area contributed by atoms with E-state index < -0.39 is 11.9 Å². The van der Waals surface area contributed by atoms with E-state index in [1.54, 1.807) is 24.3 Å². The van der Waals surface area contributed by atoms with Gasteiger partial charge in [0.15, 0.2) is 0 Å². The Balaban J connectivity index is 2.08. The Morgan fingerprint density at radius 1 is 1.09 bits per heavy atom. The van der Waals surface area contributed by atoms with E-state index in [-0.39, 0.29) is 5.91 Å². The molecule has 0 aromatic heterocycles. The summed E-state index contributed by atoms with van der Waals surface area (Å²) in [6, 6.07) is 13.4. The van der Waals surface area contributed by atoms with Crippen LogP contribution in [0.15, 0.2) is 48.5 Å². The van der Waals surface area contributed by atoms with Crippen molar-refractivity contribution >= 4 is 23.4 Å². The van der Waals surface area contributed by atoms with Crippen molar-refractivity contribution in [2.24, 2.45) is 5.73 Å². The van der Waals surface area contributed by atoms with E-state index in [4.69, 9.17) is 17.3 Å². The monoisotopic (exact) mass is 316 g/mol. The van der Waals surface area contributed by atoms with Crippen LogP contribution < -0.4 is 11.1 Å². The second kappa shape index (κ2) is 7.09. The Labute approximate surface area is 134 Å². The number of carbonyl (C=O) groups is 2. The van der Waals surface area contributed by atoms with Crippen molar-refractivity contribution < 1.29 is 9.59 Å². The number of aryl methyl sites for hydroxylation is 1. The number of rotatable bonds is 5. The molecule has 1 atom stereocenters. The molecule has 0 saturated heterocycles. The fourth-order valence-electron chi connectivity index (χ4n) is 2.03. The Hall–Kier alpha value is -2.33. The van der Waals surface area contributed by atoms with Crippen molar-refractivity contribution in [3.63, 3.8) is 0 Å². The SMILES string of the molecule is Cc1ccc(C[C@@H](NC(=O)c2ccc(Cl)cc2)C(N)=O)cc1. The minimum atomic E-state index is -0.758. The minimum Gasteiger partial charge on any atom is -0.368 e. The van der Waals surface area contributed by atoms with Crippen LogP contribution in [0.1, 0.15) is 21.5 Å². The summed E-state index contributed by atoms with van der Waals surface area (Å²) in [4.78, 5) is 23.7. The third-order valence-electron chi connectivity index (χ3n) is 3.32. The summed E-state index contributed by atoms with van der Waals surface area (Å²) in [6.07, 6.45) is 0.356. The van der Waals surface area contributed by atoms with Crippen LogP contribution in [-0.2, 0) is 11.2 Å². The van der Waals surface area contributed by atoms with Crippen LogP contribution in [0.2, 0.25) is 5.02 Å². The Morgan fingerprint density at radius 3 is 2.23 bits per heavy atom. The zero-order valence-corrected chi connectivity index (χ0v) is 12.9. The number of carbonyl (C=O) groups excluding carboxylic acids is 2. The Kier molecular flexibility index (Phi) is 5.17. The largest absolute Gasteiger partial charge is 0.368 e. The van der Waals surface area contributed by atoms with Crippen molar-refractivity contribution in [3.05, 3.63) is 70.2 Å². The quantitative estimate of drug-likeness (QED) is 0.889. The lowest BCUT2D eigenvalue weighted by Gasteiger charge is -2.16. The van der Waals surface area contributed by atoms with Gasteiger partial charge in [-0.05, 0) is 36.8 Å². The number of hydrogen-bond acceptors (Lipinski definition) is 2. The summed E-state index contributed by atoms with van der Waals surface area (Å²) in [5, 5.41) is 3.20. The summed E-state index contributed by atoms with van der Waals surface area (Å²) < 4.78 is 0. The van der Waals surface area contributed by atoms with Crippen LogP contribution in [0.5, 0.6) is 0 Å². The fraction of sp³-hybridized carbons (Fsp3) is 0.176. The maximum Gasteiger partial charge on any atom is 0.251 e. The number of nitrogens with two attached hydrogens (primary N) is 1. The van der Waals surface area contributed by atoms with Gasteiger partial charge in [0.1, 0.15) is 6.04 Å². The van der Waals surface area contributed by atoms with E-state index in [9.17, 15) is 9.59 Å². The molecule has 0 aliphatic rings. The van der Waals surface area contributed by atoms with Crippen LogP contribution >= 0.6 is 11.6 Å². The first-order chi connectivity index (χ1) is 10.5. The number of primary amides is 1. The van der Waals surface area contributed by atoms with E-state index in [1.165, 1.54) is 0 Å². The van der Waals surface area contributed by atoms with Gasteiger partial charge in [0.2, 0.25) is 5.91 Å². The first kappa shape index (κ1) is 16.0. The topological polar surface area (TPSA) is 72.2 Å². The highest BCUT2D eigenvalue weighted by molar-refractivity contribution is 6.30. The van der Waals surface area contributed by atoms with Crippen LogP contribution in [0.4, 0.5) is 0 Å². The summed E-state index contributed by atoms with van der Waals surface area (Å²) in [6.45, 7) is 1.98. The predicted molar refractivity (Wildman–Crippen MR) is 86.8 cm³/mol. The predicted octanol–water partition coefficient (Wildman–Crippen LogP) is 2.47. The van der Waals surface area contributed by atoms with E-state index in [1.807, 2.05) is 31.2 Å². The molecule has 0 heterocycles. The van der Waals surface area contributed by atoms with Crippen LogP contribution in [0.3, 0.4) is 0 Å². The first-order valence-corrected chi connectivity index (χ1v) is 7.25. The van der Waals surface area contributed by atoms with Gasteiger partial charge in [0.25, 0.3) is 5.91 Å². The zero-order valence-electron chi connectivity index (χ0n) is 12.2. The molecule has 2 rings (SSSR count). The molecule has 0 aliphatic carbocycles. The van der Waals surface area contributed by atoms with Crippen molar-refractivity contribution in [2.75, 3.05) is 0 Å². The van der Waals surface area contributed by atoms with E-state index in [2.05, 4.69) is 5.32 Å². The molecule has 0 radical (unpaired) electrons. The number of benzene rings is 2. The fourth-order valence-corrected chi connectivity index (χ4v) is 2.15. The Morgan fingerprint density at radius 2 is 1.68 bits per heavy atom. The molecular formula is C17H17ClN2O2. The molecule has 0 aliphatic heterocycles. The average molecular weight is 317 g/mol. The van der Waals surface area contributed by atoms with Crippen molar-refractivity contribution in [3.8, 4) is 0 Å². The molecular weight excluding hydrogens is 300 g/mol. The van der Waals surface area contributed by atoms with Crippen molar-refractivity contribution in [2.45, 2.75) is 19.4 Å². The lowest BCUT2D eigenvalue weighted by atomic mass is 10.0. The summed E-state index contributed by atoms with van der Waals surface area (Å²) in [5.41, 5.74) is 7.89. The van der Waals surface area contributed by atoms with Crippen LogP contribution in [0, 0.1) is 6.92 Å². The highest BCUT2D eigenvalue weighted by Crippen LogP contribution is 2.10. The molecule has 0 bridgehead atoms. The molecule has 0 fully saturated rings. The van der Waals surface area contributed by atoms with Gasteiger partial charge >= 0.3 is 0 Å². The lowest BCUT2D eigenvalue weighted by Crippen LogP contribution is -2.45. The van der Waals surface area contributed by atoms with Gasteiger partial charge in [-0.2, -0.15) is 0 Å². The van der Waals surface area contributed by atoms with Crippen LogP contribution in [-0.4, -0.2) is 17.9 Å². The van der Waals surface area contributed by atoms with Crippen LogP contribution in [0.25, 0.3) is 0 Å². The number of halogens is 1. The molecule has 2 aromatic rings. The van der Waals surface area contributed by atoms with Gasteiger partial charge in [0.05, 0.1) is 0 Å². The molecule has 2 aromatic carbocycles.